The summed E-state index contributed by atoms with van der Waals surface area (Å²) in [6.07, 6.45) is 4.97. The van der Waals surface area contributed by atoms with Gasteiger partial charge in [0.05, 0.1) is 12.2 Å². The molecule has 0 aliphatic carbocycles. The first-order valence-electron chi connectivity index (χ1n) is 10.1. The van der Waals surface area contributed by atoms with Crippen LogP contribution in [0.5, 0.6) is 0 Å². The third kappa shape index (κ3) is 6.11. The number of amides is 2. The molecular weight excluding hydrogens is 388 g/mol. The van der Waals surface area contributed by atoms with Crippen molar-refractivity contribution < 1.29 is 4.79 Å². The van der Waals surface area contributed by atoms with Gasteiger partial charge in [-0.1, -0.05) is 27.2 Å². The van der Waals surface area contributed by atoms with Gasteiger partial charge in [-0.15, -0.1) is 11.3 Å². The molecule has 9 heteroatoms. The molecule has 3 heterocycles. The minimum Gasteiger partial charge on any atom is -0.336 e. The first-order valence-corrected chi connectivity index (χ1v) is 11.0. The smallest absolute Gasteiger partial charge is 0.321 e. The summed E-state index contributed by atoms with van der Waals surface area (Å²) in [5.74, 6) is 0. The third-order valence-electron chi connectivity index (χ3n) is 5.13. The maximum Gasteiger partial charge on any atom is 0.321 e. The summed E-state index contributed by atoms with van der Waals surface area (Å²) in [5.41, 5.74) is 0.734. The van der Waals surface area contributed by atoms with Gasteiger partial charge in [-0.3, -0.25) is 15.0 Å². The van der Waals surface area contributed by atoms with E-state index < -0.39 is 0 Å². The highest BCUT2D eigenvalue weighted by Gasteiger charge is 2.23. The van der Waals surface area contributed by atoms with E-state index in [1.54, 1.807) is 16.9 Å². The van der Waals surface area contributed by atoms with Gasteiger partial charge in [0.1, 0.15) is 0 Å². The minimum atomic E-state index is -0.235. The maximum atomic E-state index is 12.2. The van der Waals surface area contributed by atoms with Gasteiger partial charge in [0, 0.05) is 42.2 Å². The molecule has 0 aromatic carbocycles. The van der Waals surface area contributed by atoms with Crippen LogP contribution in [0.15, 0.2) is 28.5 Å². The number of urea groups is 1. The number of hydrogen-bond donors (Lipinski definition) is 2. The molecule has 2 amide bonds. The van der Waals surface area contributed by atoms with E-state index in [0.717, 1.165) is 38.0 Å². The summed E-state index contributed by atoms with van der Waals surface area (Å²) >= 11 is 1.39. The van der Waals surface area contributed by atoms with Gasteiger partial charge in [-0.2, -0.15) is 5.10 Å². The molecule has 2 aromatic heterocycles. The van der Waals surface area contributed by atoms with Crippen molar-refractivity contribution in [2.75, 3.05) is 25.0 Å². The average molecular weight is 419 g/mol. The standard InChI is InChI=1S/C20H30N6O2S/c1-20(2,3)16-7-8-17(27)26(24-16)12-11-25-10-5-4-6-15(25)14-22-18(28)23-19-21-9-13-29-19/h7-9,13,15H,4-6,10-12,14H2,1-3H3,(H2,21,22,23,28). The van der Waals surface area contributed by atoms with Crippen LogP contribution in [0, 0.1) is 0 Å². The summed E-state index contributed by atoms with van der Waals surface area (Å²) < 4.78 is 1.56. The van der Waals surface area contributed by atoms with Crippen LogP contribution in [-0.4, -0.2) is 51.4 Å². The molecule has 2 aromatic rings. The quantitative estimate of drug-likeness (QED) is 0.752. The molecular formula is C20H30N6O2S. The van der Waals surface area contributed by atoms with Crippen molar-refractivity contribution in [2.24, 2.45) is 0 Å². The second kappa shape index (κ2) is 9.49. The number of likely N-dealkylation sites (tertiary alicyclic amines) is 1. The molecule has 0 saturated carbocycles. The molecule has 0 bridgehead atoms. The summed E-state index contributed by atoms with van der Waals surface area (Å²) in [7, 11) is 0. The SMILES string of the molecule is CC(C)(C)c1ccc(=O)n(CCN2CCCCC2CNC(=O)Nc2nccs2)n1. The number of hydrogen-bond acceptors (Lipinski definition) is 6. The topological polar surface area (TPSA) is 92.2 Å². The van der Waals surface area contributed by atoms with E-state index in [2.05, 4.69) is 46.4 Å². The first-order chi connectivity index (χ1) is 13.8. The summed E-state index contributed by atoms with van der Waals surface area (Å²) in [5, 5.41) is 12.7. The van der Waals surface area contributed by atoms with Gasteiger partial charge in [0.25, 0.3) is 5.56 Å². The van der Waals surface area contributed by atoms with Crippen molar-refractivity contribution in [1.29, 1.82) is 0 Å². The second-order valence-corrected chi connectivity index (χ2v) is 9.28. The Balaban J connectivity index is 1.56. The van der Waals surface area contributed by atoms with E-state index in [0.29, 0.717) is 18.2 Å². The van der Waals surface area contributed by atoms with E-state index in [-0.39, 0.29) is 23.0 Å². The Kier molecular flexibility index (Phi) is 7.02. The fraction of sp³-hybridized carbons (Fsp3) is 0.600. The van der Waals surface area contributed by atoms with Crippen molar-refractivity contribution in [3.63, 3.8) is 0 Å². The molecule has 1 aliphatic heterocycles. The Morgan fingerprint density at radius 2 is 2.10 bits per heavy atom. The highest BCUT2D eigenvalue weighted by atomic mass is 32.1. The molecule has 3 rings (SSSR count). The monoisotopic (exact) mass is 418 g/mol. The number of piperidine rings is 1. The Hall–Kier alpha value is -2.26. The van der Waals surface area contributed by atoms with E-state index in [1.165, 1.54) is 11.3 Å². The lowest BCUT2D eigenvalue weighted by Crippen LogP contribution is -2.48. The third-order valence-corrected chi connectivity index (χ3v) is 5.82. The van der Waals surface area contributed by atoms with Crippen LogP contribution in [0.2, 0.25) is 0 Å². The Labute approximate surface area is 175 Å². The van der Waals surface area contributed by atoms with Gasteiger partial charge in [-0.25, -0.2) is 14.5 Å². The van der Waals surface area contributed by atoms with Crippen molar-refractivity contribution in [3.8, 4) is 0 Å². The van der Waals surface area contributed by atoms with Crippen molar-refractivity contribution >= 4 is 22.5 Å². The highest BCUT2D eigenvalue weighted by molar-refractivity contribution is 7.13. The summed E-state index contributed by atoms with van der Waals surface area (Å²) in [6, 6.07) is 3.44. The van der Waals surface area contributed by atoms with Crippen molar-refractivity contribution in [2.45, 2.75) is 58.0 Å². The minimum absolute atomic E-state index is 0.0764. The van der Waals surface area contributed by atoms with Gasteiger partial charge in [0.15, 0.2) is 5.13 Å². The van der Waals surface area contributed by atoms with E-state index in [4.69, 9.17) is 0 Å². The van der Waals surface area contributed by atoms with Gasteiger partial charge >= 0.3 is 6.03 Å². The van der Waals surface area contributed by atoms with Crippen molar-refractivity contribution in [1.82, 2.24) is 25.0 Å². The zero-order valence-electron chi connectivity index (χ0n) is 17.4. The van der Waals surface area contributed by atoms with E-state index >= 15 is 0 Å². The largest absolute Gasteiger partial charge is 0.336 e. The number of carbonyl (C=O) groups is 1. The normalized spacial score (nSPS) is 17.8. The van der Waals surface area contributed by atoms with Gasteiger partial charge in [-0.05, 0) is 25.5 Å². The molecule has 0 spiro atoms. The molecule has 0 radical (unpaired) electrons. The number of rotatable bonds is 6. The van der Waals surface area contributed by atoms with Gasteiger partial charge < -0.3 is 5.32 Å². The summed E-state index contributed by atoms with van der Waals surface area (Å²) in [6.45, 7) is 9.09. The number of aromatic nitrogens is 3. The van der Waals surface area contributed by atoms with Crippen molar-refractivity contribution in [3.05, 3.63) is 39.8 Å². The van der Waals surface area contributed by atoms with Crippen LogP contribution in [0.3, 0.4) is 0 Å². The van der Waals surface area contributed by atoms with E-state index in [1.807, 2.05) is 11.4 Å². The predicted molar refractivity (Wildman–Crippen MR) is 116 cm³/mol. The van der Waals surface area contributed by atoms with Crippen LogP contribution in [0.1, 0.15) is 45.7 Å². The molecule has 1 atom stereocenters. The number of carbonyl (C=O) groups excluding carboxylic acids is 1. The van der Waals surface area contributed by atoms with Crippen LogP contribution < -0.4 is 16.2 Å². The lowest BCUT2D eigenvalue weighted by molar-refractivity contribution is 0.139. The lowest BCUT2D eigenvalue weighted by atomic mass is 9.92. The summed E-state index contributed by atoms with van der Waals surface area (Å²) in [4.78, 5) is 30.7. The number of nitrogens with zero attached hydrogens (tertiary/aromatic N) is 4. The Morgan fingerprint density at radius 3 is 2.83 bits per heavy atom. The van der Waals surface area contributed by atoms with E-state index in [9.17, 15) is 9.59 Å². The molecule has 158 valence electrons. The number of thiazole rings is 1. The molecule has 1 saturated heterocycles. The molecule has 1 fully saturated rings. The maximum absolute atomic E-state index is 12.2. The fourth-order valence-corrected chi connectivity index (χ4v) is 3.98. The lowest BCUT2D eigenvalue weighted by Gasteiger charge is -2.35. The van der Waals surface area contributed by atoms with Gasteiger partial charge in [0.2, 0.25) is 0 Å². The number of nitrogens with one attached hydrogen (secondary N) is 2. The second-order valence-electron chi connectivity index (χ2n) is 8.39. The van der Waals surface area contributed by atoms with Crippen LogP contribution in [0.25, 0.3) is 0 Å². The fourth-order valence-electron chi connectivity index (χ4n) is 3.45. The van der Waals surface area contributed by atoms with Crippen LogP contribution in [-0.2, 0) is 12.0 Å². The highest BCUT2D eigenvalue weighted by Crippen LogP contribution is 2.19. The Bertz CT molecular complexity index is 859. The molecule has 2 N–H and O–H groups in total. The predicted octanol–water partition coefficient (Wildman–Crippen LogP) is 2.67. The Morgan fingerprint density at radius 1 is 1.28 bits per heavy atom. The first kappa shape index (κ1) is 21.4. The zero-order valence-corrected chi connectivity index (χ0v) is 18.2. The molecule has 1 unspecified atom stereocenters. The zero-order chi connectivity index (χ0) is 20.9. The van der Waals surface area contributed by atoms with Crippen LogP contribution >= 0.6 is 11.3 Å². The average Bonchev–Trinajstić information content (AvgIpc) is 3.18. The molecule has 29 heavy (non-hydrogen) atoms. The molecule has 8 nitrogen and oxygen atoms in total. The molecule has 1 aliphatic rings. The van der Waals surface area contributed by atoms with Crippen LogP contribution in [0.4, 0.5) is 9.93 Å². The number of anilines is 1.